The van der Waals surface area contributed by atoms with Gasteiger partial charge in [-0.05, 0) is 47.9 Å². The Kier molecular flexibility index (Phi) is 7.14. The molecule has 0 radical (unpaired) electrons. The quantitative estimate of drug-likeness (QED) is 0.524. The van der Waals surface area contributed by atoms with Crippen LogP contribution in [0.3, 0.4) is 0 Å². The van der Waals surface area contributed by atoms with Crippen molar-refractivity contribution in [1.29, 1.82) is 0 Å². The Hall–Kier alpha value is -3.90. The van der Waals surface area contributed by atoms with Gasteiger partial charge >= 0.3 is 0 Å². The maximum atomic E-state index is 13.1. The van der Waals surface area contributed by atoms with Crippen molar-refractivity contribution >= 4 is 23.6 Å². The number of carbonyl (C=O) groups excluding carboxylic acids is 2. The second-order valence-electron chi connectivity index (χ2n) is 9.34. The number of carbonyl (C=O) groups is 2. The van der Waals surface area contributed by atoms with Crippen molar-refractivity contribution in [2.24, 2.45) is 0 Å². The van der Waals surface area contributed by atoms with Crippen LogP contribution in [0.2, 0.25) is 0 Å². The molecule has 36 heavy (non-hydrogen) atoms. The highest BCUT2D eigenvalue weighted by Crippen LogP contribution is 2.33. The minimum atomic E-state index is -0.0651. The van der Waals surface area contributed by atoms with Gasteiger partial charge in [0.25, 0.3) is 11.8 Å². The van der Waals surface area contributed by atoms with Gasteiger partial charge in [0.05, 0.1) is 12.2 Å². The van der Waals surface area contributed by atoms with E-state index in [1.165, 1.54) is 5.56 Å². The molecule has 2 aliphatic rings. The highest BCUT2D eigenvalue weighted by atomic mass is 16.5. The van der Waals surface area contributed by atoms with E-state index in [9.17, 15) is 9.59 Å². The molecule has 0 aliphatic carbocycles. The fraction of sp³-hybridized carbons (Fsp3) is 0.267. The predicted molar refractivity (Wildman–Crippen MR) is 142 cm³/mol. The van der Waals surface area contributed by atoms with Gasteiger partial charge in [0.15, 0.2) is 6.61 Å². The highest BCUT2D eigenvalue weighted by Gasteiger charge is 2.26. The van der Waals surface area contributed by atoms with Crippen molar-refractivity contribution in [3.8, 4) is 5.75 Å². The Labute approximate surface area is 212 Å². The Morgan fingerprint density at radius 1 is 0.944 bits per heavy atom. The Balaban J connectivity index is 1.15. The van der Waals surface area contributed by atoms with Crippen LogP contribution in [-0.2, 0) is 11.3 Å². The maximum absolute atomic E-state index is 13.1. The molecule has 0 atom stereocenters. The molecule has 0 N–H and O–H groups in total. The molecule has 2 amide bonds. The molecule has 0 spiro atoms. The van der Waals surface area contributed by atoms with Crippen LogP contribution in [0.1, 0.15) is 27.0 Å². The normalized spacial score (nSPS) is 16.2. The number of ether oxygens (including phenoxy) is 1. The summed E-state index contributed by atoms with van der Waals surface area (Å²) < 4.78 is 5.58. The number of aryl methyl sites for hydroxylation is 1. The largest absolute Gasteiger partial charge is 0.482 e. The first kappa shape index (κ1) is 23.8. The number of fused-ring (bicyclic) bond motifs is 1. The van der Waals surface area contributed by atoms with Crippen LogP contribution in [0.5, 0.6) is 5.75 Å². The average Bonchev–Trinajstić information content (AvgIpc) is 2.91. The summed E-state index contributed by atoms with van der Waals surface area (Å²) >= 11 is 0. The lowest BCUT2D eigenvalue weighted by Gasteiger charge is -2.34. The minimum absolute atomic E-state index is 0.0423. The third-order valence-electron chi connectivity index (χ3n) is 6.73. The van der Waals surface area contributed by atoms with Crippen molar-refractivity contribution in [1.82, 2.24) is 9.80 Å². The van der Waals surface area contributed by atoms with Gasteiger partial charge in [-0.25, -0.2) is 0 Å². The van der Waals surface area contributed by atoms with Gasteiger partial charge in [0.2, 0.25) is 0 Å². The molecule has 0 aromatic heterocycles. The van der Waals surface area contributed by atoms with Crippen molar-refractivity contribution in [2.45, 2.75) is 13.5 Å². The summed E-state index contributed by atoms with van der Waals surface area (Å²) in [7, 11) is 0. The zero-order chi connectivity index (χ0) is 24.9. The van der Waals surface area contributed by atoms with E-state index in [4.69, 9.17) is 4.74 Å². The van der Waals surface area contributed by atoms with Crippen LogP contribution in [-0.4, -0.2) is 60.9 Å². The van der Waals surface area contributed by atoms with E-state index in [0.29, 0.717) is 12.1 Å². The molecule has 1 fully saturated rings. The molecule has 5 rings (SSSR count). The second-order valence-corrected chi connectivity index (χ2v) is 9.34. The number of amides is 2. The summed E-state index contributed by atoms with van der Waals surface area (Å²) in [6, 6.07) is 23.8. The van der Waals surface area contributed by atoms with E-state index in [1.807, 2.05) is 72.5 Å². The zero-order valence-corrected chi connectivity index (χ0v) is 20.6. The molecule has 0 saturated carbocycles. The molecule has 184 valence electrons. The lowest BCUT2D eigenvalue weighted by atomic mass is 10.1. The molecule has 0 unspecified atom stereocenters. The first-order valence-electron chi connectivity index (χ1n) is 12.4. The number of piperazine rings is 1. The summed E-state index contributed by atoms with van der Waals surface area (Å²) in [6.45, 7) is 6.54. The summed E-state index contributed by atoms with van der Waals surface area (Å²) in [5, 5.41) is 0. The van der Waals surface area contributed by atoms with Crippen molar-refractivity contribution in [2.75, 3.05) is 44.2 Å². The summed E-state index contributed by atoms with van der Waals surface area (Å²) in [5.41, 5.74) is 4.73. The lowest BCUT2D eigenvalue weighted by molar-refractivity contribution is -0.121. The third kappa shape index (κ3) is 5.50. The van der Waals surface area contributed by atoms with E-state index in [2.05, 4.69) is 29.2 Å². The molecule has 3 aromatic rings. The number of rotatable bonds is 6. The van der Waals surface area contributed by atoms with Crippen molar-refractivity contribution in [3.63, 3.8) is 0 Å². The summed E-state index contributed by atoms with van der Waals surface area (Å²) in [4.78, 5) is 31.7. The number of benzene rings is 3. The zero-order valence-electron chi connectivity index (χ0n) is 20.6. The van der Waals surface area contributed by atoms with Gasteiger partial charge in [-0.2, -0.15) is 0 Å². The number of hydrogen-bond donors (Lipinski definition) is 0. The monoisotopic (exact) mass is 481 g/mol. The van der Waals surface area contributed by atoms with Gasteiger partial charge in [0.1, 0.15) is 5.75 Å². The first-order chi connectivity index (χ1) is 17.6. The summed E-state index contributed by atoms with van der Waals surface area (Å²) in [5.74, 6) is 0.718. The van der Waals surface area contributed by atoms with Gasteiger partial charge < -0.3 is 14.5 Å². The SMILES string of the molecule is Cc1ccc2c(c1)N(Cc1ccc(C(=O)N3CCN(C/C=C/c4ccccc4)CC3)cc1)C(=O)CO2. The fourth-order valence-electron chi connectivity index (χ4n) is 4.64. The average molecular weight is 482 g/mol. The Morgan fingerprint density at radius 2 is 1.69 bits per heavy atom. The van der Waals surface area contributed by atoms with Gasteiger partial charge in [0, 0.05) is 38.3 Å². The van der Waals surface area contributed by atoms with E-state index in [1.54, 1.807) is 4.90 Å². The van der Waals surface area contributed by atoms with Crippen LogP contribution in [0.25, 0.3) is 6.08 Å². The molecule has 6 nitrogen and oxygen atoms in total. The number of hydrogen-bond acceptors (Lipinski definition) is 4. The van der Waals surface area contributed by atoms with E-state index in [-0.39, 0.29) is 18.4 Å². The van der Waals surface area contributed by atoms with Gasteiger partial charge in [-0.1, -0.05) is 60.7 Å². The maximum Gasteiger partial charge on any atom is 0.265 e. The van der Waals surface area contributed by atoms with Crippen molar-refractivity contribution < 1.29 is 14.3 Å². The number of anilines is 1. The second kappa shape index (κ2) is 10.8. The number of nitrogens with zero attached hydrogens (tertiary/aromatic N) is 3. The van der Waals surface area contributed by atoms with E-state index in [0.717, 1.165) is 55.3 Å². The fourth-order valence-corrected chi connectivity index (χ4v) is 4.64. The van der Waals surface area contributed by atoms with Gasteiger partial charge in [-0.3, -0.25) is 14.5 Å². The standard InChI is InChI=1S/C30H31N3O3/c1-23-9-14-28-27(20-23)33(29(34)22-36-28)21-25-10-12-26(13-11-25)30(35)32-18-16-31(17-19-32)15-5-8-24-6-3-2-4-7-24/h2-14,20H,15-19,21-22H2,1H3/b8-5+. The van der Waals surface area contributed by atoms with E-state index >= 15 is 0 Å². The van der Waals surface area contributed by atoms with Crippen molar-refractivity contribution in [3.05, 3.63) is 101 Å². The van der Waals surface area contributed by atoms with Crippen LogP contribution in [0, 0.1) is 6.92 Å². The topological polar surface area (TPSA) is 53.1 Å². The molecule has 2 aliphatic heterocycles. The minimum Gasteiger partial charge on any atom is -0.482 e. The summed E-state index contributed by atoms with van der Waals surface area (Å²) in [6.07, 6.45) is 4.33. The Bertz CT molecular complexity index is 1250. The highest BCUT2D eigenvalue weighted by molar-refractivity contribution is 5.98. The molecule has 2 heterocycles. The van der Waals surface area contributed by atoms with Crippen LogP contribution in [0.15, 0.2) is 78.9 Å². The molecular formula is C30H31N3O3. The van der Waals surface area contributed by atoms with Crippen LogP contribution < -0.4 is 9.64 Å². The molecular weight excluding hydrogens is 450 g/mol. The van der Waals surface area contributed by atoms with Crippen LogP contribution in [0.4, 0.5) is 5.69 Å². The van der Waals surface area contributed by atoms with Gasteiger partial charge in [-0.15, -0.1) is 0 Å². The van der Waals surface area contributed by atoms with E-state index < -0.39 is 0 Å². The first-order valence-corrected chi connectivity index (χ1v) is 12.4. The molecule has 6 heteroatoms. The third-order valence-corrected chi connectivity index (χ3v) is 6.73. The Morgan fingerprint density at radius 3 is 2.44 bits per heavy atom. The lowest BCUT2D eigenvalue weighted by Crippen LogP contribution is -2.48. The molecule has 1 saturated heterocycles. The molecule has 0 bridgehead atoms. The predicted octanol–water partition coefficient (Wildman–Crippen LogP) is 4.39. The van der Waals surface area contributed by atoms with Crippen LogP contribution >= 0.6 is 0 Å². The molecule has 3 aromatic carbocycles. The smallest absolute Gasteiger partial charge is 0.265 e.